The molecular formula is C32H52O2. The van der Waals surface area contributed by atoms with Gasteiger partial charge in [-0.15, -0.1) is 0 Å². The van der Waals surface area contributed by atoms with E-state index in [1.165, 1.54) is 51.4 Å². The van der Waals surface area contributed by atoms with Crippen molar-refractivity contribution in [3.63, 3.8) is 0 Å². The molecule has 4 aliphatic carbocycles. The molecule has 192 valence electrons. The van der Waals surface area contributed by atoms with Gasteiger partial charge in [0.1, 0.15) is 6.10 Å². The van der Waals surface area contributed by atoms with Gasteiger partial charge in [0.05, 0.1) is 0 Å². The maximum atomic E-state index is 11.7. The standard InChI is InChI=1S/C32H52O2/c1-9-24(20(2)3)11-10-21(4)26-14-15-28-25-12-13-27-22(5)30(34-23(6)33)17-19-32(27,8)29(25)16-18-31(26,28)7/h9,12,20-22,26-30H,10-11,13-19H2,1-8H3/b24-9-/t21?,22-,26?,27-,28?,29?,30?,31?,32?/m0/s1. The molecule has 2 nitrogen and oxygen atoms in total. The van der Waals surface area contributed by atoms with E-state index in [1.54, 1.807) is 12.5 Å². The Hall–Kier alpha value is -1.05. The number of esters is 1. The van der Waals surface area contributed by atoms with Crippen molar-refractivity contribution < 1.29 is 9.53 Å². The van der Waals surface area contributed by atoms with Gasteiger partial charge in [-0.1, -0.05) is 64.8 Å². The van der Waals surface area contributed by atoms with Crippen molar-refractivity contribution in [2.45, 2.75) is 119 Å². The molecule has 34 heavy (non-hydrogen) atoms. The highest BCUT2D eigenvalue weighted by molar-refractivity contribution is 5.66. The number of hydrogen-bond acceptors (Lipinski definition) is 2. The molecule has 0 amide bonds. The van der Waals surface area contributed by atoms with Gasteiger partial charge in [-0.3, -0.25) is 4.79 Å². The molecule has 9 atom stereocenters. The summed E-state index contributed by atoms with van der Waals surface area (Å²) < 4.78 is 5.76. The first-order valence-corrected chi connectivity index (χ1v) is 14.5. The number of fused-ring (bicyclic) bond motifs is 5. The molecule has 2 heteroatoms. The van der Waals surface area contributed by atoms with Crippen molar-refractivity contribution in [3.05, 3.63) is 23.3 Å². The molecule has 3 saturated carbocycles. The first-order chi connectivity index (χ1) is 16.0. The molecule has 0 radical (unpaired) electrons. The topological polar surface area (TPSA) is 26.3 Å². The minimum Gasteiger partial charge on any atom is -0.462 e. The summed E-state index contributed by atoms with van der Waals surface area (Å²) in [6.45, 7) is 18.7. The smallest absolute Gasteiger partial charge is 0.302 e. The second kappa shape index (κ2) is 9.78. The first kappa shape index (κ1) is 26.0. The van der Waals surface area contributed by atoms with Gasteiger partial charge >= 0.3 is 5.97 Å². The number of ether oxygens (including phenoxy) is 1. The van der Waals surface area contributed by atoms with E-state index in [2.05, 4.69) is 60.6 Å². The fourth-order valence-electron chi connectivity index (χ4n) is 9.65. The lowest BCUT2D eigenvalue weighted by atomic mass is 9.46. The Morgan fingerprint density at radius 2 is 1.76 bits per heavy atom. The predicted octanol–water partition coefficient (Wildman–Crippen LogP) is 8.76. The highest BCUT2D eigenvalue weighted by atomic mass is 16.5. The molecule has 0 aromatic rings. The summed E-state index contributed by atoms with van der Waals surface area (Å²) in [7, 11) is 0. The van der Waals surface area contributed by atoms with Gasteiger partial charge in [-0.2, -0.15) is 0 Å². The zero-order valence-corrected chi connectivity index (χ0v) is 23.5. The fraction of sp³-hybridized carbons (Fsp3) is 0.844. The van der Waals surface area contributed by atoms with Gasteiger partial charge in [0, 0.05) is 6.92 Å². The number of hydrogen-bond donors (Lipinski definition) is 0. The van der Waals surface area contributed by atoms with Crippen molar-refractivity contribution in [2.75, 3.05) is 0 Å². The zero-order chi connectivity index (χ0) is 24.8. The van der Waals surface area contributed by atoms with Gasteiger partial charge in [-0.25, -0.2) is 0 Å². The van der Waals surface area contributed by atoms with Crippen LogP contribution in [0.4, 0.5) is 0 Å². The average molecular weight is 469 g/mol. The first-order valence-electron chi connectivity index (χ1n) is 14.5. The van der Waals surface area contributed by atoms with Crippen LogP contribution in [-0.2, 0) is 9.53 Å². The SMILES string of the molecule is C/C=C(/CCC(C)C1CCC2C3=CC[C@H]4[C@H](C)C(OC(C)=O)CCC4(C)C3CCC21C)C(C)C. The normalized spacial score (nSPS) is 43.0. The lowest BCUT2D eigenvalue weighted by Crippen LogP contribution is -2.53. The summed E-state index contributed by atoms with van der Waals surface area (Å²) in [5.41, 5.74) is 4.35. The second-order valence-corrected chi connectivity index (χ2v) is 13.5. The highest BCUT2D eigenvalue weighted by Crippen LogP contribution is 2.67. The monoisotopic (exact) mass is 468 g/mol. The molecule has 0 aliphatic heterocycles. The molecule has 0 aromatic carbocycles. The number of carbonyl (C=O) groups is 1. The summed E-state index contributed by atoms with van der Waals surface area (Å²) in [5.74, 6) is 4.91. The van der Waals surface area contributed by atoms with Crippen molar-refractivity contribution >= 4 is 5.97 Å². The van der Waals surface area contributed by atoms with Crippen LogP contribution in [-0.4, -0.2) is 12.1 Å². The van der Waals surface area contributed by atoms with E-state index in [9.17, 15) is 4.79 Å². The van der Waals surface area contributed by atoms with Crippen LogP contribution in [0.15, 0.2) is 23.3 Å². The Bertz CT molecular complexity index is 821. The lowest BCUT2D eigenvalue weighted by molar-refractivity contribution is -0.158. The third kappa shape index (κ3) is 4.34. The summed E-state index contributed by atoms with van der Waals surface area (Å²) in [6.07, 6.45) is 16.8. The van der Waals surface area contributed by atoms with E-state index in [4.69, 9.17) is 4.74 Å². The van der Waals surface area contributed by atoms with E-state index in [0.717, 1.165) is 30.1 Å². The maximum Gasteiger partial charge on any atom is 0.302 e. The quantitative estimate of drug-likeness (QED) is 0.288. The van der Waals surface area contributed by atoms with E-state index < -0.39 is 0 Å². The van der Waals surface area contributed by atoms with Crippen LogP contribution in [0.5, 0.6) is 0 Å². The van der Waals surface area contributed by atoms with Gasteiger partial charge in [0.25, 0.3) is 0 Å². The lowest BCUT2D eigenvalue weighted by Gasteiger charge is -2.59. The summed E-state index contributed by atoms with van der Waals surface area (Å²) in [5, 5.41) is 0. The molecule has 0 aromatic heterocycles. The summed E-state index contributed by atoms with van der Waals surface area (Å²) >= 11 is 0. The maximum absolute atomic E-state index is 11.7. The Kier molecular flexibility index (Phi) is 7.48. The number of rotatable bonds is 6. The van der Waals surface area contributed by atoms with Gasteiger partial charge in [-0.05, 0) is 117 Å². The van der Waals surface area contributed by atoms with Crippen LogP contribution in [0.2, 0.25) is 0 Å². The van der Waals surface area contributed by atoms with Crippen LogP contribution < -0.4 is 0 Å². The summed E-state index contributed by atoms with van der Waals surface area (Å²) in [4.78, 5) is 11.7. The van der Waals surface area contributed by atoms with Crippen molar-refractivity contribution in [2.24, 2.45) is 52.3 Å². The molecule has 0 heterocycles. The third-order valence-corrected chi connectivity index (χ3v) is 11.6. The Labute approximate surface area is 210 Å². The van der Waals surface area contributed by atoms with E-state index in [0.29, 0.717) is 28.6 Å². The molecule has 0 spiro atoms. The molecule has 0 saturated heterocycles. The molecular weight excluding hydrogens is 416 g/mol. The van der Waals surface area contributed by atoms with Crippen LogP contribution in [0, 0.1) is 52.3 Å². The fourth-order valence-corrected chi connectivity index (χ4v) is 9.65. The molecule has 0 bridgehead atoms. The van der Waals surface area contributed by atoms with E-state index in [-0.39, 0.29) is 12.1 Å². The molecule has 7 unspecified atom stereocenters. The Morgan fingerprint density at radius 1 is 1.09 bits per heavy atom. The minimum absolute atomic E-state index is 0.109. The van der Waals surface area contributed by atoms with Crippen LogP contribution >= 0.6 is 0 Å². The van der Waals surface area contributed by atoms with Gasteiger partial charge in [0.2, 0.25) is 0 Å². The molecule has 3 fully saturated rings. The van der Waals surface area contributed by atoms with E-state index in [1.807, 2.05) is 5.57 Å². The predicted molar refractivity (Wildman–Crippen MR) is 142 cm³/mol. The zero-order valence-electron chi connectivity index (χ0n) is 23.5. The third-order valence-electron chi connectivity index (χ3n) is 11.6. The van der Waals surface area contributed by atoms with Gasteiger partial charge < -0.3 is 4.74 Å². The largest absolute Gasteiger partial charge is 0.462 e. The van der Waals surface area contributed by atoms with Crippen molar-refractivity contribution in [1.29, 1.82) is 0 Å². The van der Waals surface area contributed by atoms with Crippen LogP contribution in [0.3, 0.4) is 0 Å². The Morgan fingerprint density at radius 3 is 2.41 bits per heavy atom. The number of carbonyl (C=O) groups excluding carboxylic acids is 1. The molecule has 4 rings (SSSR count). The van der Waals surface area contributed by atoms with Crippen molar-refractivity contribution in [3.8, 4) is 0 Å². The van der Waals surface area contributed by atoms with Crippen molar-refractivity contribution in [1.82, 2.24) is 0 Å². The second-order valence-electron chi connectivity index (χ2n) is 13.5. The van der Waals surface area contributed by atoms with Gasteiger partial charge in [0.15, 0.2) is 0 Å². The van der Waals surface area contributed by atoms with Crippen LogP contribution in [0.1, 0.15) is 113 Å². The Balaban J connectivity index is 1.50. The number of allylic oxidation sites excluding steroid dienone is 4. The van der Waals surface area contributed by atoms with Crippen LogP contribution in [0.25, 0.3) is 0 Å². The minimum atomic E-state index is -0.109. The highest BCUT2D eigenvalue weighted by Gasteiger charge is 2.59. The molecule has 0 N–H and O–H groups in total. The average Bonchev–Trinajstić information content (AvgIpc) is 3.13. The molecule has 4 aliphatic rings. The summed E-state index contributed by atoms with van der Waals surface area (Å²) in [6, 6.07) is 0. The van der Waals surface area contributed by atoms with E-state index >= 15 is 0 Å².